The zero-order valence-electron chi connectivity index (χ0n) is 8.34. The van der Waals surface area contributed by atoms with E-state index in [1.54, 1.807) is 0 Å². The Bertz CT molecular complexity index is 341. The highest BCUT2D eigenvalue weighted by Gasteiger charge is 2.00. The van der Waals surface area contributed by atoms with Crippen molar-refractivity contribution in [1.29, 1.82) is 0 Å². The predicted octanol–water partition coefficient (Wildman–Crippen LogP) is 3.24. The fraction of sp³-hybridized carbons (Fsp3) is 0.400. The van der Waals surface area contributed by atoms with E-state index in [4.69, 9.17) is 0 Å². The summed E-state index contributed by atoms with van der Waals surface area (Å²) >= 11 is 3.42. The maximum atomic E-state index is 11.4. The maximum absolute atomic E-state index is 11.4. The van der Waals surface area contributed by atoms with E-state index >= 15 is 0 Å². The molecular formula is C10H14BrNOS. The Hall–Kier alpha value is -0.350. The summed E-state index contributed by atoms with van der Waals surface area (Å²) in [7, 11) is -0.951. The molecule has 1 N–H and O–H groups in total. The highest BCUT2D eigenvalue weighted by molar-refractivity contribution is 9.10. The smallest absolute Gasteiger partial charge is 0.117 e. The predicted molar refractivity (Wildman–Crippen MR) is 65.8 cm³/mol. The Balaban J connectivity index is 2.68. The van der Waals surface area contributed by atoms with Crippen LogP contribution in [0.2, 0.25) is 0 Å². The van der Waals surface area contributed by atoms with Gasteiger partial charge in [0, 0.05) is 15.9 Å². The lowest BCUT2D eigenvalue weighted by atomic mass is 10.2. The van der Waals surface area contributed by atoms with E-state index in [1.165, 1.54) is 0 Å². The Kier molecular flexibility index (Phi) is 4.62. The topological polar surface area (TPSA) is 29.1 Å². The van der Waals surface area contributed by atoms with Crippen LogP contribution in [0.1, 0.15) is 18.9 Å². The van der Waals surface area contributed by atoms with Crippen molar-refractivity contribution in [3.8, 4) is 0 Å². The molecule has 1 rings (SSSR count). The number of halogens is 1. The van der Waals surface area contributed by atoms with Crippen molar-refractivity contribution in [2.24, 2.45) is 0 Å². The maximum Gasteiger partial charge on any atom is 0.117 e. The molecule has 0 fully saturated rings. The van der Waals surface area contributed by atoms with Crippen LogP contribution in [-0.4, -0.2) is 9.96 Å². The van der Waals surface area contributed by atoms with Gasteiger partial charge in [-0.2, -0.15) is 0 Å². The zero-order chi connectivity index (χ0) is 10.6. The molecule has 1 atom stereocenters. The first-order chi connectivity index (χ1) is 6.63. The first kappa shape index (κ1) is 11.7. The van der Waals surface area contributed by atoms with Crippen molar-refractivity contribution in [2.45, 2.75) is 20.3 Å². The molecule has 0 aromatic heterocycles. The first-order valence-corrected chi connectivity index (χ1v) is 6.66. The van der Waals surface area contributed by atoms with Crippen molar-refractivity contribution in [1.82, 2.24) is 0 Å². The molecular weight excluding hydrogens is 262 g/mol. The van der Waals surface area contributed by atoms with Gasteiger partial charge in [-0.05, 0) is 37.1 Å². The van der Waals surface area contributed by atoms with Crippen LogP contribution >= 0.6 is 15.9 Å². The fourth-order valence-electron chi connectivity index (χ4n) is 1.08. The normalized spacial score (nSPS) is 12.5. The largest absolute Gasteiger partial charge is 0.305 e. The standard InChI is InChI=1S/C10H14BrNOS/c1-3-6-14(13)12-9-4-5-10(11)8(2)7-9/h4-5,7,12H,3,6H2,1-2H3. The third-order valence-electron chi connectivity index (χ3n) is 1.78. The molecule has 0 bridgehead atoms. The molecule has 1 unspecified atom stereocenters. The molecule has 0 saturated heterocycles. The Labute approximate surface area is 95.8 Å². The minimum atomic E-state index is -0.951. The molecule has 0 heterocycles. The SMILES string of the molecule is CCCS(=O)Nc1ccc(Br)c(C)c1. The summed E-state index contributed by atoms with van der Waals surface area (Å²) in [4.78, 5) is 0. The van der Waals surface area contributed by atoms with Crippen molar-refractivity contribution in [2.75, 3.05) is 10.5 Å². The van der Waals surface area contributed by atoms with Crippen LogP contribution in [0.5, 0.6) is 0 Å². The van der Waals surface area contributed by atoms with Gasteiger partial charge in [0.2, 0.25) is 0 Å². The molecule has 4 heteroatoms. The third kappa shape index (κ3) is 3.42. The van der Waals surface area contributed by atoms with Crippen molar-refractivity contribution >= 4 is 32.6 Å². The zero-order valence-corrected chi connectivity index (χ0v) is 10.7. The van der Waals surface area contributed by atoms with E-state index in [9.17, 15) is 4.21 Å². The van der Waals surface area contributed by atoms with Crippen LogP contribution in [-0.2, 0) is 11.0 Å². The van der Waals surface area contributed by atoms with E-state index in [0.29, 0.717) is 5.75 Å². The van der Waals surface area contributed by atoms with Crippen LogP contribution in [0, 0.1) is 6.92 Å². The monoisotopic (exact) mass is 275 g/mol. The molecule has 0 aliphatic heterocycles. The Morgan fingerprint density at radius 1 is 1.50 bits per heavy atom. The lowest BCUT2D eigenvalue weighted by Crippen LogP contribution is -2.07. The lowest BCUT2D eigenvalue weighted by molar-refractivity contribution is 0.685. The minimum Gasteiger partial charge on any atom is -0.305 e. The summed E-state index contributed by atoms with van der Waals surface area (Å²) < 4.78 is 15.4. The van der Waals surface area contributed by atoms with E-state index in [-0.39, 0.29) is 0 Å². The fourth-order valence-corrected chi connectivity index (χ4v) is 2.19. The van der Waals surface area contributed by atoms with Crippen molar-refractivity contribution in [3.63, 3.8) is 0 Å². The molecule has 0 radical (unpaired) electrons. The summed E-state index contributed by atoms with van der Waals surface area (Å²) in [5.41, 5.74) is 2.06. The molecule has 0 aliphatic rings. The van der Waals surface area contributed by atoms with Gasteiger partial charge in [-0.25, -0.2) is 4.21 Å². The molecule has 0 amide bonds. The summed E-state index contributed by atoms with van der Waals surface area (Å²) in [6.07, 6.45) is 0.926. The molecule has 0 saturated carbocycles. The van der Waals surface area contributed by atoms with Gasteiger partial charge in [0.15, 0.2) is 0 Å². The summed E-state index contributed by atoms with van der Waals surface area (Å²) in [5.74, 6) is 0.690. The average molecular weight is 276 g/mol. The molecule has 78 valence electrons. The number of rotatable bonds is 4. The van der Waals surface area contributed by atoms with Gasteiger partial charge in [-0.15, -0.1) is 0 Å². The highest BCUT2D eigenvalue weighted by atomic mass is 79.9. The third-order valence-corrected chi connectivity index (χ3v) is 3.91. The molecule has 1 aromatic rings. The number of anilines is 1. The summed E-state index contributed by atoms with van der Waals surface area (Å²) in [5, 5.41) is 0. The molecule has 14 heavy (non-hydrogen) atoms. The Morgan fingerprint density at radius 2 is 2.21 bits per heavy atom. The number of benzene rings is 1. The minimum absolute atomic E-state index is 0.690. The molecule has 2 nitrogen and oxygen atoms in total. The van der Waals surface area contributed by atoms with E-state index in [0.717, 1.165) is 22.1 Å². The average Bonchev–Trinajstić information content (AvgIpc) is 2.12. The van der Waals surface area contributed by atoms with Crippen LogP contribution in [0.25, 0.3) is 0 Å². The van der Waals surface area contributed by atoms with Crippen molar-refractivity contribution in [3.05, 3.63) is 28.2 Å². The second-order valence-electron chi connectivity index (χ2n) is 3.12. The van der Waals surface area contributed by atoms with E-state index in [2.05, 4.69) is 20.7 Å². The molecule has 1 aromatic carbocycles. The van der Waals surface area contributed by atoms with Gasteiger partial charge >= 0.3 is 0 Å². The van der Waals surface area contributed by atoms with Gasteiger partial charge in [-0.3, -0.25) is 0 Å². The van der Waals surface area contributed by atoms with Crippen LogP contribution in [0.4, 0.5) is 5.69 Å². The second kappa shape index (κ2) is 5.51. The summed E-state index contributed by atoms with van der Waals surface area (Å²) in [6.45, 7) is 4.03. The van der Waals surface area contributed by atoms with Gasteiger partial charge in [0.05, 0.1) is 0 Å². The lowest BCUT2D eigenvalue weighted by Gasteiger charge is -2.06. The first-order valence-electron chi connectivity index (χ1n) is 4.54. The van der Waals surface area contributed by atoms with Crippen LogP contribution < -0.4 is 4.72 Å². The number of hydrogen-bond acceptors (Lipinski definition) is 1. The summed E-state index contributed by atoms with van der Waals surface area (Å²) in [6, 6.07) is 5.86. The van der Waals surface area contributed by atoms with E-state index < -0.39 is 11.0 Å². The number of aryl methyl sites for hydroxylation is 1. The second-order valence-corrected chi connectivity index (χ2v) is 5.27. The van der Waals surface area contributed by atoms with Gasteiger partial charge < -0.3 is 4.72 Å². The van der Waals surface area contributed by atoms with Gasteiger partial charge in [-0.1, -0.05) is 22.9 Å². The Morgan fingerprint density at radius 3 is 2.79 bits per heavy atom. The van der Waals surface area contributed by atoms with Crippen LogP contribution in [0.3, 0.4) is 0 Å². The van der Waals surface area contributed by atoms with E-state index in [1.807, 2.05) is 32.0 Å². The highest BCUT2D eigenvalue weighted by Crippen LogP contribution is 2.20. The van der Waals surface area contributed by atoms with Gasteiger partial charge in [0.1, 0.15) is 11.0 Å². The molecule has 0 aliphatic carbocycles. The van der Waals surface area contributed by atoms with Gasteiger partial charge in [0.25, 0.3) is 0 Å². The number of hydrogen-bond donors (Lipinski definition) is 1. The van der Waals surface area contributed by atoms with Crippen LogP contribution in [0.15, 0.2) is 22.7 Å². The van der Waals surface area contributed by atoms with Crippen molar-refractivity contribution < 1.29 is 4.21 Å². The molecule has 0 spiro atoms. The quantitative estimate of drug-likeness (QED) is 0.898. The number of nitrogens with one attached hydrogen (secondary N) is 1.